The molecule has 1 aromatic rings. The Morgan fingerprint density at radius 1 is 1.17 bits per heavy atom. The lowest BCUT2D eigenvalue weighted by molar-refractivity contribution is -0.138. The number of halogens is 1. The molecule has 0 aliphatic carbocycles. The second-order valence-electron chi connectivity index (χ2n) is 5.99. The summed E-state index contributed by atoms with van der Waals surface area (Å²) in [6.07, 6.45) is 0. The van der Waals surface area contributed by atoms with E-state index < -0.39 is 5.82 Å². The minimum atomic E-state index is -0.407. The molecule has 1 N–H and O–H groups in total. The highest BCUT2D eigenvalue weighted by molar-refractivity contribution is 6.35. The molecule has 6 heteroatoms. The van der Waals surface area contributed by atoms with Gasteiger partial charge in [0.2, 0.25) is 0 Å². The van der Waals surface area contributed by atoms with Crippen molar-refractivity contribution in [3.63, 3.8) is 0 Å². The summed E-state index contributed by atoms with van der Waals surface area (Å²) in [6.45, 7) is 4.26. The van der Waals surface area contributed by atoms with Gasteiger partial charge in [0.25, 0.3) is 11.8 Å². The standard InChI is InChI=1S/C17H21FN2O3/c1-11(2)10-20-16(22)14(12-4-6-13(18)7-5-12)15(17(20)23)19(3)8-9-21/h4-7,11,21H,8-10H2,1-3H3. The van der Waals surface area contributed by atoms with Gasteiger partial charge >= 0.3 is 0 Å². The Labute approximate surface area is 135 Å². The van der Waals surface area contributed by atoms with Crippen molar-refractivity contribution in [3.8, 4) is 0 Å². The molecule has 0 atom stereocenters. The topological polar surface area (TPSA) is 60.9 Å². The number of carbonyl (C=O) groups is 2. The van der Waals surface area contributed by atoms with Gasteiger partial charge in [-0.1, -0.05) is 26.0 Å². The first-order chi connectivity index (χ1) is 10.9. The van der Waals surface area contributed by atoms with E-state index >= 15 is 0 Å². The Balaban J connectivity index is 2.51. The summed E-state index contributed by atoms with van der Waals surface area (Å²) in [6, 6.07) is 5.49. The van der Waals surface area contributed by atoms with Gasteiger partial charge in [0.1, 0.15) is 11.5 Å². The van der Waals surface area contributed by atoms with E-state index in [-0.39, 0.29) is 42.2 Å². The van der Waals surface area contributed by atoms with Crippen LogP contribution in [0.4, 0.5) is 4.39 Å². The molecule has 0 saturated carbocycles. The first kappa shape index (κ1) is 17.1. The van der Waals surface area contributed by atoms with E-state index in [9.17, 15) is 14.0 Å². The first-order valence-corrected chi connectivity index (χ1v) is 7.55. The summed E-state index contributed by atoms with van der Waals surface area (Å²) in [4.78, 5) is 28.2. The van der Waals surface area contributed by atoms with Gasteiger partial charge in [0, 0.05) is 20.1 Å². The fourth-order valence-electron chi connectivity index (χ4n) is 2.59. The fourth-order valence-corrected chi connectivity index (χ4v) is 2.59. The van der Waals surface area contributed by atoms with Crippen LogP contribution in [-0.2, 0) is 9.59 Å². The van der Waals surface area contributed by atoms with Crippen LogP contribution in [0, 0.1) is 11.7 Å². The quantitative estimate of drug-likeness (QED) is 0.807. The van der Waals surface area contributed by atoms with Crippen LogP contribution in [0.5, 0.6) is 0 Å². The molecular formula is C17H21FN2O3. The zero-order valence-electron chi connectivity index (χ0n) is 13.5. The molecule has 0 radical (unpaired) electrons. The average molecular weight is 320 g/mol. The third kappa shape index (κ3) is 3.42. The second kappa shape index (κ2) is 6.91. The Bertz CT molecular complexity index is 638. The summed E-state index contributed by atoms with van der Waals surface area (Å²) in [7, 11) is 1.65. The molecule has 0 aromatic heterocycles. The molecule has 1 aliphatic heterocycles. The number of nitrogens with zero attached hydrogens (tertiary/aromatic N) is 2. The molecule has 1 aromatic carbocycles. The molecule has 2 rings (SSSR count). The van der Waals surface area contributed by atoms with Gasteiger partial charge in [0.15, 0.2) is 0 Å². The molecule has 0 saturated heterocycles. The predicted octanol–water partition coefficient (Wildman–Crippen LogP) is 1.49. The van der Waals surface area contributed by atoms with E-state index in [2.05, 4.69) is 0 Å². The van der Waals surface area contributed by atoms with Crippen molar-refractivity contribution < 1.29 is 19.1 Å². The van der Waals surface area contributed by atoms with Crippen LogP contribution in [-0.4, -0.2) is 53.5 Å². The van der Waals surface area contributed by atoms with Crippen molar-refractivity contribution in [2.45, 2.75) is 13.8 Å². The molecule has 1 aliphatic rings. The smallest absolute Gasteiger partial charge is 0.277 e. The molecule has 0 bridgehead atoms. The maximum Gasteiger partial charge on any atom is 0.277 e. The Morgan fingerprint density at radius 2 is 1.78 bits per heavy atom. The first-order valence-electron chi connectivity index (χ1n) is 7.55. The Hall–Kier alpha value is -2.21. The minimum absolute atomic E-state index is 0.137. The van der Waals surface area contributed by atoms with Crippen LogP contribution in [0.3, 0.4) is 0 Å². The third-order valence-electron chi connectivity index (χ3n) is 3.64. The van der Waals surface area contributed by atoms with Crippen molar-refractivity contribution in [1.82, 2.24) is 9.80 Å². The van der Waals surface area contributed by atoms with Crippen molar-refractivity contribution in [2.24, 2.45) is 5.92 Å². The summed E-state index contributed by atoms with van der Waals surface area (Å²) in [5, 5.41) is 9.13. The zero-order chi connectivity index (χ0) is 17.1. The number of rotatable bonds is 6. The molecule has 2 amide bonds. The molecule has 23 heavy (non-hydrogen) atoms. The van der Waals surface area contributed by atoms with E-state index in [1.807, 2.05) is 13.8 Å². The van der Waals surface area contributed by atoms with Crippen LogP contribution in [0.25, 0.3) is 5.57 Å². The maximum absolute atomic E-state index is 13.2. The normalized spacial score (nSPS) is 15.1. The summed E-state index contributed by atoms with van der Waals surface area (Å²) < 4.78 is 13.2. The van der Waals surface area contributed by atoms with Gasteiger partial charge in [-0.3, -0.25) is 14.5 Å². The number of imide groups is 1. The number of benzene rings is 1. The van der Waals surface area contributed by atoms with E-state index in [1.165, 1.54) is 29.2 Å². The Kier molecular flexibility index (Phi) is 5.15. The minimum Gasteiger partial charge on any atom is -0.395 e. The zero-order valence-corrected chi connectivity index (χ0v) is 13.5. The lowest BCUT2D eigenvalue weighted by atomic mass is 10.0. The van der Waals surface area contributed by atoms with Crippen LogP contribution < -0.4 is 0 Å². The fraction of sp³-hybridized carbons (Fsp3) is 0.412. The molecule has 1 heterocycles. The van der Waals surface area contributed by atoms with E-state index in [0.717, 1.165) is 0 Å². The van der Waals surface area contributed by atoms with Gasteiger partial charge in [-0.2, -0.15) is 0 Å². The SMILES string of the molecule is CC(C)CN1C(=O)C(c2ccc(F)cc2)=C(N(C)CCO)C1=O. The Morgan fingerprint density at radius 3 is 2.30 bits per heavy atom. The van der Waals surface area contributed by atoms with Crippen LogP contribution in [0.15, 0.2) is 30.0 Å². The highest BCUT2D eigenvalue weighted by atomic mass is 19.1. The molecule has 0 spiro atoms. The second-order valence-corrected chi connectivity index (χ2v) is 5.99. The van der Waals surface area contributed by atoms with Crippen molar-refractivity contribution in [3.05, 3.63) is 41.3 Å². The number of hydrogen-bond acceptors (Lipinski definition) is 4. The van der Waals surface area contributed by atoms with Gasteiger partial charge in [-0.15, -0.1) is 0 Å². The number of hydrogen-bond donors (Lipinski definition) is 1. The highest BCUT2D eigenvalue weighted by Crippen LogP contribution is 2.31. The monoisotopic (exact) mass is 320 g/mol. The third-order valence-corrected chi connectivity index (χ3v) is 3.64. The van der Waals surface area contributed by atoms with Crippen LogP contribution >= 0.6 is 0 Å². The molecular weight excluding hydrogens is 299 g/mol. The predicted molar refractivity (Wildman–Crippen MR) is 84.6 cm³/mol. The molecule has 0 unspecified atom stereocenters. The van der Waals surface area contributed by atoms with Gasteiger partial charge in [-0.05, 0) is 23.6 Å². The lowest BCUT2D eigenvalue weighted by Gasteiger charge is -2.21. The van der Waals surface area contributed by atoms with Gasteiger partial charge in [0.05, 0.1) is 12.2 Å². The highest BCUT2D eigenvalue weighted by Gasteiger charge is 2.40. The lowest BCUT2D eigenvalue weighted by Crippen LogP contribution is -2.37. The van der Waals surface area contributed by atoms with Gasteiger partial charge < -0.3 is 10.0 Å². The van der Waals surface area contributed by atoms with E-state index in [4.69, 9.17) is 5.11 Å². The largest absolute Gasteiger partial charge is 0.395 e. The number of likely N-dealkylation sites (N-methyl/N-ethyl adjacent to an activating group) is 1. The van der Waals surface area contributed by atoms with E-state index in [1.54, 1.807) is 11.9 Å². The summed E-state index contributed by atoms with van der Waals surface area (Å²) in [5.74, 6) is -1.02. The van der Waals surface area contributed by atoms with Crippen molar-refractivity contribution >= 4 is 17.4 Å². The summed E-state index contributed by atoms with van der Waals surface area (Å²) in [5.41, 5.74) is 0.999. The summed E-state index contributed by atoms with van der Waals surface area (Å²) >= 11 is 0. The molecule has 124 valence electrons. The maximum atomic E-state index is 13.2. The van der Waals surface area contributed by atoms with Gasteiger partial charge in [-0.25, -0.2) is 4.39 Å². The average Bonchev–Trinajstić information content (AvgIpc) is 2.72. The molecule has 5 nitrogen and oxygen atoms in total. The molecule has 0 fully saturated rings. The number of aliphatic hydroxyl groups is 1. The van der Waals surface area contributed by atoms with Crippen LogP contribution in [0.2, 0.25) is 0 Å². The number of amides is 2. The van der Waals surface area contributed by atoms with E-state index in [0.29, 0.717) is 12.1 Å². The van der Waals surface area contributed by atoms with Crippen molar-refractivity contribution in [1.29, 1.82) is 0 Å². The van der Waals surface area contributed by atoms with Crippen LogP contribution in [0.1, 0.15) is 19.4 Å². The number of carbonyl (C=O) groups excluding carboxylic acids is 2. The number of aliphatic hydroxyl groups excluding tert-OH is 1. The van der Waals surface area contributed by atoms with Crippen molar-refractivity contribution in [2.75, 3.05) is 26.7 Å².